The van der Waals surface area contributed by atoms with Gasteiger partial charge in [-0.3, -0.25) is 0 Å². The van der Waals surface area contributed by atoms with Crippen molar-refractivity contribution in [2.75, 3.05) is 6.61 Å². The molecule has 1 saturated heterocycles. The largest absolute Gasteiger partial charge is 0.378 e. The van der Waals surface area contributed by atoms with Crippen molar-refractivity contribution in [3.63, 3.8) is 0 Å². The molecule has 0 aromatic carbocycles. The molecule has 1 atom stereocenters. The zero-order chi connectivity index (χ0) is 13.2. The minimum absolute atomic E-state index is 0.229. The molecule has 0 saturated carbocycles. The van der Waals surface area contributed by atoms with E-state index < -0.39 is 0 Å². The zero-order valence-corrected chi connectivity index (χ0v) is 11.6. The lowest BCUT2D eigenvalue weighted by molar-refractivity contribution is 0.109. The summed E-state index contributed by atoms with van der Waals surface area (Å²) in [5, 5.41) is 4.89. The van der Waals surface area contributed by atoms with Crippen molar-refractivity contribution in [3.05, 3.63) is 16.5 Å². The van der Waals surface area contributed by atoms with Gasteiger partial charge in [-0.1, -0.05) is 5.16 Å². The van der Waals surface area contributed by atoms with E-state index in [1.54, 1.807) is 0 Å². The molecule has 7 heteroatoms. The van der Waals surface area contributed by atoms with Crippen molar-refractivity contribution in [2.24, 2.45) is 5.73 Å². The molecule has 0 amide bonds. The molecular weight excluding hydrogens is 264 g/mol. The molecular formula is C12H16N4O2S. The second kappa shape index (κ2) is 5.36. The highest BCUT2D eigenvalue weighted by molar-refractivity contribution is 7.15. The molecule has 19 heavy (non-hydrogen) atoms. The van der Waals surface area contributed by atoms with Crippen molar-refractivity contribution in [1.29, 1.82) is 0 Å². The van der Waals surface area contributed by atoms with Crippen LogP contribution in [0.4, 0.5) is 0 Å². The Balaban J connectivity index is 1.77. The Hall–Kier alpha value is -1.31. The van der Waals surface area contributed by atoms with E-state index in [0.717, 1.165) is 35.0 Å². The number of hydrogen-bond donors (Lipinski definition) is 1. The standard InChI is InChI=1S/C12H16N4O2S/c1-7-11(19-10(6-13)14-7)12-15-9(16-18-12)5-8-3-2-4-17-8/h8H,2-6,13H2,1H3. The van der Waals surface area contributed by atoms with Crippen LogP contribution in [-0.2, 0) is 17.7 Å². The van der Waals surface area contributed by atoms with Gasteiger partial charge in [0.15, 0.2) is 5.82 Å². The monoisotopic (exact) mass is 280 g/mol. The third-order valence-electron chi connectivity index (χ3n) is 3.11. The molecule has 0 aliphatic carbocycles. The van der Waals surface area contributed by atoms with Gasteiger partial charge in [-0.15, -0.1) is 11.3 Å². The summed E-state index contributed by atoms with van der Waals surface area (Å²) in [7, 11) is 0. The second-order valence-electron chi connectivity index (χ2n) is 4.58. The van der Waals surface area contributed by atoms with Crippen LogP contribution < -0.4 is 5.73 Å². The quantitative estimate of drug-likeness (QED) is 0.917. The molecule has 3 heterocycles. The Kier molecular flexibility index (Phi) is 3.58. The van der Waals surface area contributed by atoms with E-state index in [2.05, 4.69) is 15.1 Å². The summed E-state index contributed by atoms with van der Waals surface area (Å²) in [5.74, 6) is 1.23. The van der Waals surface area contributed by atoms with Crippen molar-refractivity contribution >= 4 is 11.3 Å². The molecule has 6 nitrogen and oxygen atoms in total. The van der Waals surface area contributed by atoms with Crippen LogP contribution in [0.3, 0.4) is 0 Å². The summed E-state index contributed by atoms with van der Waals surface area (Å²) >= 11 is 1.51. The predicted octanol–water partition coefficient (Wildman–Crippen LogP) is 1.68. The Morgan fingerprint density at radius 2 is 2.32 bits per heavy atom. The van der Waals surface area contributed by atoms with Gasteiger partial charge in [0.05, 0.1) is 11.8 Å². The Morgan fingerprint density at radius 3 is 3.00 bits per heavy atom. The summed E-state index contributed by atoms with van der Waals surface area (Å²) in [5.41, 5.74) is 6.48. The topological polar surface area (TPSA) is 87.1 Å². The lowest BCUT2D eigenvalue weighted by Crippen LogP contribution is -2.09. The molecule has 0 bridgehead atoms. The summed E-state index contributed by atoms with van der Waals surface area (Å²) in [6, 6.07) is 0. The first kappa shape index (κ1) is 12.7. The van der Waals surface area contributed by atoms with E-state index in [1.807, 2.05) is 6.92 Å². The average molecular weight is 280 g/mol. The fraction of sp³-hybridized carbons (Fsp3) is 0.583. The molecule has 2 aromatic heterocycles. The van der Waals surface area contributed by atoms with Gasteiger partial charge in [0, 0.05) is 19.6 Å². The SMILES string of the molecule is Cc1nc(CN)sc1-c1nc(CC2CCCO2)no1. The maximum absolute atomic E-state index is 5.59. The van der Waals surface area contributed by atoms with Crippen LogP contribution in [0, 0.1) is 6.92 Å². The molecule has 102 valence electrons. The van der Waals surface area contributed by atoms with E-state index in [-0.39, 0.29) is 6.10 Å². The van der Waals surface area contributed by atoms with E-state index in [9.17, 15) is 0 Å². The van der Waals surface area contributed by atoms with Gasteiger partial charge in [0.2, 0.25) is 0 Å². The van der Waals surface area contributed by atoms with E-state index in [0.29, 0.717) is 24.7 Å². The van der Waals surface area contributed by atoms with Crippen LogP contribution >= 0.6 is 11.3 Å². The van der Waals surface area contributed by atoms with Crippen LogP contribution in [-0.4, -0.2) is 27.8 Å². The van der Waals surface area contributed by atoms with E-state index in [4.69, 9.17) is 15.0 Å². The van der Waals surface area contributed by atoms with Gasteiger partial charge in [0.1, 0.15) is 9.88 Å². The molecule has 1 aliphatic rings. The first-order chi connectivity index (χ1) is 9.26. The van der Waals surface area contributed by atoms with Gasteiger partial charge in [0.25, 0.3) is 5.89 Å². The molecule has 3 rings (SSSR count). The van der Waals surface area contributed by atoms with Gasteiger partial charge < -0.3 is 15.0 Å². The second-order valence-corrected chi connectivity index (χ2v) is 5.66. The van der Waals surface area contributed by atoms with Crippen LogP contribution in [0.2, 0.25) is 0 Å². The first-order valence-corrected chi connectivity index (χ1v) is 7.19. The maximum atomic E-state index is 5.59. The summed E-state index contributed by atoms with van der Waals surface area (Å²) < 4.78 is 10.9. The lowest BCUT2D eigenvalue weighted by atomic mass is 10.2. The number of nitrogens with two attached hydrogens (primary N) is 1. The molecule has 2 aromatic rings. The van der Waals surface area contributed by atoms with Gasteiger partial charge in [-0.25, -0.2) is 4.98 Å². The highest BCUT2D eigenvalue weighted by atomic mass is 32.1. The minimum atomic E-state index is 0.229. The number of hydrogen-bond acceptors (Lipinski definition) is 7. The summed E-state index contributed by atoms with van der Waals surface area (Å²) in [6.07, 6.45) is 3.13. The average Bonchev–Trinajstić information content (AvgIpc) is 3.10. The van der Waals surface area contributed by atoms with Gasteiger partial charge in [-0.05, 0) is 19.8 Å². The third kappa shape index (κ3) is 2.68. The Bertz CT molecular complexity index is 560. The van der Waals surface area contributed by atoms with Crippen molar-refractivity contribution in [3.8, 4) is 10.8 Å². The minimum Gasteiger partial charge on any atom is -0.378 e. The Labute approximate surface area is 115 Å². The molecule has 1 unspecified atom stereocenters. The number of nitrogens with zero attached hydrogens (tertiary/aromatic N) is 3. The van der Waals surface area contributed by atoms with Crippen molar-refractivity contribution in [1.82, 2.24) is 15.1 Å². The fourth-order valence-electron chi connectivity index (χ4n) is 2.18. The van der Waals surface area contributed by atoms with Crippen LogP contribution in [0.5, 0.6) is 0 Å². The number of rotatable bonds is 4. The van der Waals surface area contributed by atoms with Gasteiger partial charge in [-0.2, -0.15) is 4.98 Å². The number of aromatic nitrogens is 3. The van der Waals surface area contributed by atoms with Crippen LogP contribution in [0.15, 0.2) is 4.52 Å². The first-order valence-electron chi connectivity index (χ1n) is 6.37. The molecule has 1 fully saturated rings. The zero-order valence-electron chi connectivity index (χ0n) is 10.8. The van der Waals surface area contributed by atoms with Crippen molar-refractivity contribution < 1.29 is 9.26 Å². The normalized spacial score (nSPS) is 19.2. The van der Waals surface area contributed by atoms with Crippen molar-refractivity contribution in [2.45, 2.75) is 38.8 Å². The number of ether oxygens (including phenoxy) is 1. The van der Waals surface area contributed by atoms with E-state index in [1.165, 1.54) is 11.3 Å². The molecule has 2 N–H and O–H groups in total. The van der Waals surface area contributed by atoms with Gasteiger partial charge >= 0.3 is 0 Å². The fourth-order valence-corrected chi connectivity index (χ4v) is 3.04. The predicted molar refractivity (Wildman–Crippen MR) is 70.7 cm³/mol. The van der Waals surface area contributed by atoms with Crippen LogP contribution in [0.1, 0.15) is 29.4 Å². The third-order valence-corrected chi connectivity index (χ3v) is 4.28. The highest BCUT2D eigenvalue weighted by Gasteiger charge is 2.21. The molecule has 1 aliphatic heterocycles. The number of thiazole rings is 1. The summed E-state index contributed by atoms with van der Waals surface area (Å²) in [4.78, 5) is 9.69. The highest BCUT2D eigenvalue weighted by Crippen LogP contribution is 2.28. The van der Waals surface area contributed by atoms with Crippen LogP contribution in [0.25, 0.3) is 10.8 Å². The Morgan fingerprint density at radius 1 is 1.42 bits per heavy atom. The lowest BCUT2D eigenvalue weighted by Gasteiger charge is -2.03. The molecule has 0 radical (unpaired) electrons. The number of aryl methyl sites for hydroxylation is 1. The molecule has 0 spiro atoms. The van der Waals surface area contributed by atoms with E-state index >= 15 is 0 Å². The maximum Gasteiger partial charge on any atom is 0.269 e. The smallest absolute Gasteiger partial charge is 0.269 e. The summed E-state index contributed by atoms with van der Waals surface area (Å²) in [6.45, 7) is 3.19.